The van der Waals surface area contributed by atoms with Crippen LogP contribution in [0.2, 0.25) is 5.15 Å². The number of aromatic nitrogens is 4. The Bertz CT molecular complexity index is 1370. The number of benzene rings is 2. The number of halogens is 1. The van der Waals surface area contributed by atoms with Gasteiger partial charge in [-0.05, 0) is 42.7 Å². The van der Waals surface area contributed by atoms with Gasteiger partial charge >= 0.3 is 0 Å². The van der Waals surface area contributed by atoms with Gasteiger partial charge < -0.3 is 14.8 Å². The van der Waals surface area contributed by atoms with Crippen LogP contribution in [0.15, 0.2) is 71.5 Å². The molecule has 3 heterocycles. The first-order valence-corrected chi connectivity index (χ1v) is 12.0. The molecule has 9 heteroatoms. The highest BCUT2D eigenvalue weighted by molar-refractivity contribution is 6.29. The summed E-state index contributed by atoms with van der Waals surface area (Å²) in [4.78, 5) is 37.7. The van der Waals surface area contributed by atoms with Gasteiger partial charge in [-0.15, -0.1) is 10.2 Å². The summed E-state index contributed by atoms with van der Waals surface area (Å²) in [5.41, 5.74) is 1.45. The molecule has 0 saturated carbocycles. The number of rotatable bonds is 6. The number of amides is 1. The van der Waals surface area contributed by atoms with Crippen molar-refractivity contribution in [3.05, 3.63) is 93.6 Å². The van der Waals surface area contributed by atoms with Crippen molar-refractivity contribution < 1.29 is 4.79 Å². The van der Waals surface area contributed by atoms with Gasteiger partial charge in [0.15, 0.2) is 11.0 Å². The number of nitrogens with one attached hydrogen (secondary N) is 1. The second-order valence-corrected chi connectivity index (χ2v) is 9.07. The lowest BCUT2D eigenvalue weighted by atomic mass is 9.95. The molecular formula is C26H25ClN6O2. The fourth-order valence-corrected chi connectivity index (χ4v) is 4.60. The van der Waals surface area contributed by atoms with E-state index < -0.39 is 0 Å². The Morgan fingerprint density at radius 1 is 0.971 bits per heavy atom. The van der Waals surface area contributed by atoms with E-state index in [1.165, 1.54) is 0 Å². The van der Waals surface area contributed by atoms with Gasteiger partial charge in [0.05, 0.1) is 17.4 Å². The molecule has 0 radical (unpaired) electrons. The zero-order valence-corrected chi connectivity index (χ0v) is 19.9. The third-order valence-corrected chi connectivity index (χ3v) is 6.52. The Hall–Kier alpha value is -3.78. The Morgan fingerprint density at radius 2 is 1.71 bits per heavy atom. The summed E-state index contributed by atoms with van der Waals surface area (Å²) in [5, 5.41) is 8.97. The molecule has 0 spiro atoms. The first kappa shape index (κ1) is 23.0. The minimum Gasteiger partial charge on any atom is -0.355 e. The van der Waals surface area contributed by atoms with Crippen molar-refractivity contribution in [2.24, 2.45) is 5.92 Å². The van der Waals surface area contributed by atoms with E-state index in [0.717, 1.165) is 11.4 Å². The molecule has 2 aromatic heterocycles. The van der Waals surface area contributed by atoms with Crippen LogP contribution < -0.4 is 10.5 Å². The second-order valence-electron chi connectivity index (χ2n) is 8.69. The molecule has 1 aliphatic rings. The highest BCUT2D eigenvalue weighted by Gasteiger charge is 2.30. The van der Waals surface area contributed by atoms with Gasteiger partial charge in [-0.3, -0.25) is 9.59 Å². The molecule has 1 fully saturated rings. The maximum Gasteiger partial charge on any atom is 0.258 e. The number of fused-ring (bicyclic) bond motifs is 1. The zero-order valence-electron chi connectivity index (χ0n) is 19.1. The minimum absolute atomic E-state index is 0.0616. The standard InChI is InChI=1S/C26H25ClN6O2/c27-22-10-11-24(31-30-22)32-14-12-19(13-15-32)26(35)33(16-18-6-2-1-3-7-18)17-23-28-21-9-5-4-8-20(21)25(34)29-23/h1-11,19H,12-17H2,(H,28,29,34). The fourth-order valence-electron chi connectivity index (χ4n) is 4.50. The number of aromatic amines is 1. The quantitative estimate of drug-likeness (QED) is 0.443. The van der Waals surface area contributed by atoms with Crippen molar-refractivity contribution in [3.8, 4) is 0 Å². The molecule has 178 valence electrons. The third kappa shape index (κ3) is 5.33. The maximum absolute atomic E-state index is 13.7. The Morgan fingerprint density at radius 3 is 2.46 bits per heavy atom. The molecule has 0 atom stereocenters. The van der Waals surface area contributed by atoms with E-state index in [4.69, 9.17) is 11.6 Å². The summed E-state index contributed by atoms with van der Waals surface area (Å²) < 4.78 is 0. The van der Waals surface area contributed by atoms with Crippen LogP contribution in [0.5, 0.6) is 0 Å². The molecule has 4 aromatic rings. The predicted molar refractivity (Wildman–Crippen MR) is 135 cm³/mol. The van der Waals surface area contributed by atoms with Crippen LogP contribution in [0, 0.1) is 5.92 Å². The number of carbonyl (C=O) groups is 1. The van der Waals surface area contributed by atoms with Gasteiger partial charge in [0.2, 0.25) is 5.91 Å². The second kappa shape index (κ2) is 10.2. The van der Waals surface area contributed by atoms with Gasteiger partial charge in [-0.2, -0.15) is 0 Å². The molecule has 8 nitrogen and oxygen atoms in total. The van der Waals surface area contributed by atoms with E-state index >= 15 is 0 Å². The summed E-state index contributed by atoms with van der Waals surface area (Å²) in [7, 11) is 0. The molecule has 1 N–H and O–H groups in total. The monoisotopic (exact) mass is 488 g/mol. The molecule has 0 unspecified atom stereocenters. The van der Waals surface area contributed by atoms with Gasteiger partial charge in [-0.25, -0.2) is 4.98 Å². The topological polar surface area (TPSA) is 95.1 Å². The average Bonchev–Trinajstić information content (AvgIpc) is 2.89. The zero-order chi connectivity index (χ0) is 24.2. The third-order valence-electron chi connectivity index (χ3n) is 6.32. The molecule has 1 amide bonds. The van der Waals surface area contributed by atoms with Crippen molar-refractivity contribution in [2.45, 2.75) is 25.9 Å². The molecule has 2 aromatic carbocycles. The lowest BCUT2D eigenvalue weighted by Gasteiger charge is -2.34. The Kier molecular flexibility index (Phi) is 6.72. The number of hydrogen-bond acceptors (Lipinski definition) is 6. The molecule has 0 aliphatic carbocycles. The van der Waals surface area contributed by atoms with E-state index in [1.807, 2.05) is 54.6 Å². The molecule has 1 aliphatic heterocycles. The normalized spacial score (nSPS) is 14.3. The van der Waals surface area contributed by atoms with E-state index in [-0.39, 0.29) is 23.9 Å². The number of anilines is 1. The number of H-pyrrole nitrogens is 1. The van der Waals surface area contributed by atoms with E-state index in [1.54, 1.807) is 17.0 Å². The number of nitrogens with zero attached hydrogens (tertiary/aromatic N) is 5. The van der Waals surface area contributed by atoms with Crippen molar-refractivity contribution in [1.82, 2.24) is 25.1 Å². The Balaban J connectivity index is 1.34. The SMILES string of the molecule is O=C(C1CCN(c2ccc(Cl)nn2)CC1)N(Cc1ccccc1)Cc1nc2ccccc2c(=O)[nH]1. The van der Waals surface area contributed by atoms with E-state index in [2.05, 4.69) is 25.1 Å². The van der Waals surface area contributed by atoms with Crippen LogP contribution in [-0.4, -0.2) is 44.1 Å². The Labute approximate surface area is 207 Å². The van der Waals surface area contributed by atoms with Crippen molar-refractivity contribution in [2.75, 3.05) is 18.0 Å². The van der Waals surface area contributed by atoms with Crippen molar-refractivity contribution >= 4 is 34.2 Å². The van der Waals surface area contributed by atoms with Crippen LogP contribution in [0.4, 0.5) is 5.82 Å². The van der Waals surface area contributed by atoms with Crippen LogP contribution in [-0.2, 0) is 17.9 Å². The van der Waals surface area contributed by atoms with Crippen molar-refractivity contribution in [3.63, 3.8) is 0 Å². The van der Waals surface area contributed by atoms with Gasteiger partial charge in [0.25, 0.3) is 5.56 Å². The molecule has 1 saturated heterocycles. The first-order chi connectivity index (χ1) is 17.1. The first-order valence-electron chi connectivity index (χ1n) is 11.6. The smallest absolute Gasteiger partial charge is 0.258 e. The van der Waals surface area contributed by atoms with Crippen molar-refractivity contribution in [1.29, 1.82) is 0 Å². The van der Waals surface area contributed by atoms with E-state index in [0.29, 0.717) is 54.4 Å². The molecule has 35 heavy (non-hydrogen) atoms. The lowest BCUT2D eigenvalue weighted by molar-refractivity contribution is -0.137. The lowest BCUT2D eigenvalue weighted by Crippen LogP contribution is -2.42. The highest BCUT2D eigenvalue weighted by Crippen LogP contribution is 2.25. The molecule has 0 bridgehead atoms. The van der Waals surface area contributed by atoms with Crippen LogP contribution >= 0.6 is 11.6 Å². The highest BCUT2D eigenvalue weighted by atomic mass is 35.5. The largest absolute Gasteiger partial charge is 0.355 e. The number of piperidine rings is 1. The van der Waals surface area contributed by atoms with Crippen LogP contribution in [0.25, 0.3) is 10.9 Å². The van der Waals surface area contributed by atoms with E-state index in [9.17, 15) is 9.59 Å². The maximum atomic E-state index is 13.7. The molecule has 5 rings (SSSR count). The van der Waals surface area contributed by atoms with Gasteiger partial charge in [-0.1, -0.05) is 54.1 Å². The fraction of sp³-hybridized carbons (Fsp3) is 0.269. The number of carbonyl (C=O) groups excluding carboxylic acids is 1. The summed E-state index contributed by atoms with van der Waals surface area (Å²) in [6, 6.07) is 20.7. The van der Waals surface area contributed by atoms with Crippen LogP contribution in [0.1, 0.15) is 24.2 Å². The summed E-state index contributed by atoms with van der Waals surface area (Å²) in [6.45, 7) is 2.09. The van der Waals surface area contributed by atoms with Gasteiger partial charge in [0, 0.05) is 25.6 Å². The van der Waals surface area contributed by atoms with Crippen LogP contribution in [0.3, 0.4) is 0 Å². The summed E-state index contributed by atoms with van der Waals surface area (Å²) >= 11 is 5.86. The molecular weight excluding hydrogens is 464 g/mol. The number of para-hydroxylation sites is 1. The van der Waals surface area contributed by atoms with Gasteiger partial charge in [0.1, 0.15) is 5.82 Å². The number of hydrogen-bond donors (Lipinski definition) is 1. The summed E-state index contributed by atoms with van der Waals surface area (Å²) in [5.74, 6) is 1.18. The predicted octanol–water partition coefficient (Wildman–Crippen LogP) is 3.81. The minimum atomic E-state index is -0.199. The average molecular weight is 489 g/mol. The summed E-state index contributed by atoms with van der Waals surface area (Å²) in [6.07, 6.45) is 1.41.